The number of ether oxygens (including phenoxy) is 3. The minimum Gasteiger partial charge on any atom is -0.870 e. The van der Waals surface area contributed by atoms with E-state index in [4.69, 9.17) is 14.2 Å². The first kappa shape index (κ1) is 27.6. The molecule has 0 spiro atoms. The van der Waals surface area contributed by atoms with Crippen molar-refractivity contribution in [2.24, 2.45) is 0 Å². The Kier molecular flexibility index (Phi) is 9.01. The zero-order valence-corrected chi connectivity index (χ0v) is 23.0. The van der Waals surface area contributed by atoms with Gasteiger partial charge in [-0.1, -0.05) is 54.6 Å². The van der Waals surface area contributed by atoms with Crippen LogP contribution in [0, 0.1) is 0 Å². The zero-order chi connectivity index (χ0) is 27.0. The molecule has 0 bridgehead atoms. The van der Waals surface area contributed by atoms with E-state index >= 15 is 0 Å². The summed E-state index contributed by atoms with van der Waals surface area (Å²) in [5, 5.41) is 0. The van der Waals surface area contributed by atoms with Gasteiger partial charge in [0.15, 0.2) is 14.7 Å². The average molecular weight is 557 g/mol. The van der Waals surface area contributed by atoms with Gasteiger partial charge in [-0.15, -0.1) is 0 Å². The largest absolute Gasteiger partial charge is 0.870 e. The van der Waals surface area contributed by atoms with Crippen LogP contribution in [0.2, 0.25) is 0 Å². The van der Waals surface area contributed by atoms with Gasteiger partial charge in [0.05, 0.1) is 10.9 Å². The molecule has 6 rings (SSSR count). The molecular weight excluding hydrogens is 528 g/mol. The summed E-state index contributed by atoms with van der Waals surface area (Å²) in [6, 6.07) is 54.5. The molecule has 41 heavy (non-hydrogen) atoms. The van der Waals surface area contributed by atoms with E-state index in [0.29, 0.717) is 0 Å². The molecule has 0 radical (unpaired) electrons. The summed E-state index contributed by atoms with van der Waals surface area (Å²) < 4.78 is 18.1. The third-order valence-electron chi connectivity index (χ3n) is 6.12. The fraction of sp³-hybridized carbons (Fsp3) is 0. The number of hydrogen-bond acceptors (Lipinski definition) is 4. The number of benzene rings is 6. The summed E-state index contributed by atoms with van der Waals surface area (Å²) in [4.78, 5) is 3.57. The lowest BCUT2D eigenvalue weighted by Crippen LogP contribution is -2.05. The Bertz CT molecular complexity index is 1420. The topological polar surface area (TPSA) is 57.7 Å². The Hall–Kier alpha value is -4.97. The van der Waals surface area contributed by atoms with Gasteiger partial charge in [-0.05, 0) is 109 Å². The highest BCUT2D eigenvalue weighted by Gasteiger charge is 2.29. The third-order valence-corrected chi connectivity index (χ3v) is 8.35. The van der Waals surface area contributed by atoms with Crippen LogP contribution in [0.15, 0.2) is 178 Å². The van der Waals surface area contributed by atoms with E-state index < -0.39 is 0 Å². The molecule has 0 atom stereocenters. The molecule has 0 aliphatic rings. The van der Waals surface area contributed by atoms with E-state index in [0.717, 1.165) is 34.5 Å². The highest BCUT2D eigenvalue weighted by molar-refractivity contribution is 7.97. The maximum atomic E-state index is 6.04. The number of hydrogen-bond donors (Lipinski definition) is 0. The molecule has 6 aromatic carbocycles. The van der Waals surface area contributed by atoms with E-state index in [2.05, 4.69) is 36.4 Å². The van der Waals surface area contributed by atoms with Gasteiger partial charge in [-0.25, -0.2) is 0 Å². The maximum absolute atomic E-state index is 6.04. The standard InChI is InChI=1S/C36H27O3S.H2O/c1-4-10-28(11-5-1)37-31-16-22-34(23-17-31)40(35-24-18-32(19-25-35)38-29-12-6-2-7-13-29)36-26-20-33(21-27-36)39-30-14-8-3-9-15-30;/h1-27H;1H2/q+1;/p-1. The van der Waals surface area contributed by atoms with Crippen LogP contribution in [0.1, 0.15) is 0 Å². The number of para-hydroxylation sites is 3. The summed E-state index contributed by atoms with van der Waals surface area (Å²) in [7, 11) is -0.346. The third kappa shape index (κ3) is 7.17. The molecular formula is C36H28O4S. The van der Waals surface area contributed by atoms with Crippen molar-refractivity contribution in [3.63, 3.8) is 0 Å². The Morgan fingerprint density at radius 2 is 0.488 bits per heavy atom. The van der Waals surface area contributed by atoms with Gasteiger partial charge < -0.3 is 19.7 Å². The first-order valence-electron chi connectivity index (χ1n) is 13.0. The Labute approximate surface area is 243 Å². The van der Waals surface area contributed by atoms with Gasteiger partial charge in [0.2, 0.25) is 0 Å². The Morgan fingerprint density at radius 3 is 0.732 bits per heavy atom. The maximum Gasteiger partial charge on any atom is 0.166 e. The van der Waals surface area contributed by atoms with Crippen molar-refractivity contribution in [3.05, 3.63) is 164 Å². The second-order valence-corrected chi connectivity index (χ2v) is 11.0. The second kappa shape index (κ2) is 13.4. The summed E-state index contributed by atoms with van der Waals surface area (Å²) in [6.45, 7) is 0. The fourth-order valence-electron chi connectivity index (χ4n) is 4.21. The normalized spacial score (nSPS) is 10.5. The predicted octanol–water partition coefficient (Wildman–Crippen LogP) is 9.98. The van der Waals surface area contributed by atoms with Crippen LogP contribution in [0.3, 0.4) is 0 Å². The summed E-state index contributed by atoms with van der Waals surface area (Å²) in [5.41, 5.74) is 0. The predicted molar refractivity (Wildman–Crippen MR) is 163 cm³/mol. The lowest BCUT2D eigenvalue weighted by Gasteiger charge is -2.11. The lowest BCUT2D eigenvalue weighted by molar-refractivity contribution is 0.482. The molecule has 0 heterocycles. The second-order valence-electron chi connectivity index (χ2n) is 8.97. The van der Waals surface area contributed by atoms with Crippen molar-refractivity contribution in [1.82, 2.24) is 0 Å². The van der Waals surface area contributed by atoms with Crippen molar-refractivity contribution >= 4 is 10.9 Å². The molecule has 0 unspecified atom stereocenters. The summed E-state index contributed by atoms with van der Waals surface area (Å²) in [5.74, 6) is 4.86. The van der Waals surface area contributed by atoms with E-state index in [1.54, 1.807) is 0 Å². The van der Waals surface area contributed by atoms with Crippen LogP contribution >= 0.6 is 0 Å². The van der Waals surface area contributed by atoms with Crippen LogP contribution in [0.25, 0.3) is 0 Å². The van der Waals surface area contributed by atoms with Crippen LogP contribution in [0.5, 0.6) is 34.5 Å². The van der Waals surface area contributed by atoms with Crippen LogP contribution < -0.4 is 14.2 Å². The highest BCUT2D eigenvalue weighted by atomic mass is 32.2. The Balaban J connectivity index is 0.00000337. The zero-order valence-electron chi connectivity index (χ0n) is 22.2. The lowest BCUT2D eigenvalue weighted by atomic mass is 10.3. The fourth-order valence-corrected chi connectivity index (χ4v) is 6.25. The van der Waals surface area contributed by atoms with Crippen molar-refractivity contribution < 1.29 is 19.7 Å². The van der Waals surface area contributed by atoms with Gasteiger partial charge in [0.1, 0.15) is 34.5 Å². The molecule has 0 aromatic heterocycles. The molecule has 0 amide bonds. The van der Waals surface area contributed by atoms with Crippen LogP contribution in [-0.2, 0) is 10.9 Å². The molecule has 0 aliphatic carbocycles. The van der Waals surface area contributed by atoms with Crippen molar-refractivity contribution in [3.8, 4) is 34.5 Å². The van der Waals surface area contributed by atoms with Crippen molar-refractivity contribution in [1.29, 1.82) is 0 Å². The minimum atomic E-state index is -0.346. The van der Waals surface area contributed by atoms with E-state index in [1.807, 2.05) is 127 Å². The van der Waals surface area contributed by atoms with Gasteiger partial charge in [0, 0.05) is 0 Å². The highest BCUT2D eigenvalue weighted by Crippen LogP contribution is 2.35. The minimum absolute atomic E-state index is 0. The van der Waals surface area contributed by atoms with Gasteiger partial charge in [-0.2, -0.15) is 0 Å². The van der Waals surface area contributed by atoms with Gasteiger partial charge in [-0.3, -0.25) is 0 Å². The first-order chi connectivity index (χ1) is 19.8. The van der Waals surface area contributed by atoms with Crippen molar-refractivity contribution in [2.45, 2.75) is 14.7 Å². The average Bonchev–Trinajstić information content (AvgIpc) is 3.01. The van der Waals surface area contributed by atoms with E-state index in [-0.39, 0.29) is 16.4 Å². The van der Waals surface area contributed by atoms with Gasteiger partial charge >= 0.3 is 0 Å². The smallest absolute Gasteiger partial charge is 0.166 e. The van der Waals surface area contributed by atoms with Gasteiger partial charge in [0.25, 0.3) is 0 Å². The van der Waals surface area contributed by atoms with Crippen LogP contribution in [0.4, 0.5) is 0 Å². The van der Waals surface area contributed by atoms with E-state index in [9.17, 15) is 0 Å². The summed E-state index contributed by atoms with van der Waals surface area (Å²) in [6.07, 6.45) is 0. The van der Waals surface area contributed by atoms with Crippen molar-refractivity contribution in [2.75, 3.05) is 0 Å². The SMILES string of the molecule is [OH-].c1ccc(Oc2ccc([S+](c3ccc(Oc4ccccc4)cc3)c3ccc(Oc4ccccc4)cc3)cc2)cc1. The molecule has 0 saturated carbocycles. The molecule has 5 heteroatoms. The molecule has 0 fully saturated rings. The number of rotatable bonds is 9. The molecule has 4 nitrogen and oxygen atoms in total. The molecule has 1 N–H and O–H groups in total. The molecule has 0 saturated heterocycles. The Morgan fingerprint density at radius 1 is 0.268 bits per heavy atom. The monoisotopic (exact) mass is 556 g/mol. The summed E-state index contributed by atoms with van der Waals surface area (Å²) >= 11 is 0. The molecule has 0 aliphatic heterocycles. The quantitative estimate of drug-likeness (QED) is 0.166. The molecule has 6 aromatic rings. The first-order valence-corrected chi connectivity index (χ1v) is 14.3. The van der Waals surface area contributed by atoms with E-state index in [1.165, 1.54) is 14.7 Å². The van der Waals surface area contributed by atoms with Crippen LogP contribution in [-0.4, -0.2) is 5.48 Å². The molecule has 202 valence electrons.